The van der Waals surface area contributed by atoms with Crippen molar-refractivity contribution < 1.29 is 4.79 Å². The van der Waals surface area contributed by atoms with Gasteiger partial charge in [0.05, 0.1) is 4.75 Å². The molecule has 2 rings (SSSR count). The molecule has 1 atom stereocenters. The van der Waals surface area contributed by atoms with Crippen molar-refractivity contribution in [2.45, 2.75) is 57.1 Å². The molecule has 0 N–H and O–H groups in total. The number of rotatable bonds is 2. The Morgan fingerprint density at radius 1 is 1.07 bits per heavy atom. The molecule has 1 aliphatic carbocycles. The minimum absolute atomic E-state index is 0.0199. The first-order valence-electron chi connectivity index (χ1n) is 5.76. The second-order valence-corrected chi connectivity index (χ2v) is 6.88. The standard InChI is InChI=1S/C12H20OS/c1-11(6-3-4-7-11)10(13)12(2)8-5-9-14-12/h3-9H2,1-2H3. The molecule has 14 heavy (non-hydrogen) atoms. The number of carbonyl (C=O) groups excluding carboxylic acids is 1. The third-order valence-electron chi connectivity index (χ3n) is 3.95. The van der Waals surface area contributed by atoms with Crippen LogP contribution in [0.5, 0.6) is 0 Å². The van der Waals surface area contributed by atoms with Crippen LogP contribution in [0.4, 0.5) is 0 Å². The lowest BCUT2D eigenvalue weighted by Gasteiger charge is -2.32. The van der Waals surface area contributed by atoms with E-state index in [-0.39, 0.29) is 10.2 Å². The lowest BCUT2D eigenvalue weighted by atomic mass is 9.77. The van der Waals surface area contributed by atoms with Gasteiger partial charge in [0.25, 0.3) is 0 Å². The van der Waals surface area contributed by atoms with Gasteiger partial charge in [0, 0.05) is 5.41 Å². The lowest BCUT2D eigenvalue weighted by Crippen LogP contribution is -2.40. The van der Waals surface area contributed by atoms with E-state index < -0.39 is 0 Å². The number of Topliss-reactive ketones (excluding diaryl/α,β-unsaturated/α-hetero) is 1. The SMILES string of the molecule is CC1(C(=O)C2(C)CCCS2)CCCC1. The van der Waals surface area contributed by atoms with Crippen molar-refractivity contribution >= 4 is 17.5 Å². The number of hydrogen-bond acceptors (Lipinski definition) is 2. The zero-order valence-electron chi connectivity index (χ0n) is 9.27. The molecular weight excluding hydrogens is 192 g/mol. The summed E-state index contributed by atoms with van der Waals surface area (Å²) in [6.45, 7) is 4.35. The van der Waals surface area contributed by atoms with Crippen LogP contribution in [0.3, 0.4) is 0 Å². The van der Waals surface area contributed by atoms with E-state index in [2.05, 4.69) is 13.8 Å². The number of ketones is 1. The summed E-state index contributed by atoms with van der Waals surface area (Å²) in [5.74, 6) is 1.73. The van der Waals surface area contributed by atoms with Crippen molar-refractivity contribution in [2.24, 2.45) is 5.41 Å². The van der Waals surface area contributed by atoms with Crippen LogP contribution in [0, 0.1) is 5.41 Å². The molecule has 2 heteroatoms. The Balaban J connectivity index is 2.13. The zero-order valence-corrected chi connectivity index (χ0v) is 10.1. The Morgan fingerprint density at radius 2 is 1.71 bits per heavy atom. The fraction of sp³-hybridized carbons (Fsp3) is 0.917. The topological polar surface area (TPSA) is 17.1 Å². The van der Waals surface area contributed by atoms with Crippen LogP contribution in [0.2, 0.25) is 0 Å². The van der Waals surface area contributed by atoms with E-state index in [0.29, 0.717) is 5.78 Å². The van der Waals surface area contributed by atoms with E-state index in [4.69, 9.17) is 0 Å². The molecule has 0 radical (unpaired) electrons. The molecule has 1 heterocycles. The molecule has 1 unspecified atom stereocenters. The molecule has 0 spiro atoms. The van der Waals surface area contributed by atoms with Crippen molar-refractivity contribution in [3.63, 3.8) is 0 Å². The minimum atomic E-state index is -0.0426. The molecule has 0 aromatic heterocycles. The summed E-state index contributed by atoms with van der Waals surface area (Å²) in [5.41, 5.74) is 0.0199. The van der Waals surface area contributed by atoms with Gasteiger partial charge in [-0.05, 0) is 38.4 Å². The van der Waals surface area contributed by atoms with Gasteiger partial charge in [-0.2, -0.15) is 0 Å². The Labute approximate surface area is 91.0 Å². The first kappa shape index (κ1) is 10.5. The molecule has 0 aromatic carbocycles. The van der Waals surface area contributed by atoms with E-state index in [1.54, 1.807) is 0 Å². The van der Waals surface area contributed by atoms with Gasteiger partial charge in [0.2, 0.25) is 0 Å². The van der Waals surface area contributed by atoms with Gasteiger partial charge in [-0.25, -0.2) is 0 Å². The van der Waals surface area contributed by atoms with E-state index in [9.17, 15) is 4.79 Å². The van der Waals surface area contributed by atoms with Gasteiger partial charge in [-0.15, -0.1) is 11.8 Å². The highest BCUT2D eigenvalue weighted by Crippen LogP contribution is 2.48. The van der Waals surface area contributed by atoms with Crippen LogP contribution in [0.1, 0.15) is 52.4 Å². The highest BCUT2D eigenvalue weighted by atomic mass is 32.2. The third-order valence-corrected chi connectivity index (χ3v) is 5.47. The van der Waals surface area contributed by atoms with Crippen molar-refractivity contribution in [3.8, 4) is 0 Å². The minimum Gasteiger partial charge on any atom is -0.298 e. The lowest BCUT2D eigenvalue weighted by molar-refractivity contribution is -0.129. The van der Waals surface area contributed by atoms with Crippen LogP contribution in [0.25, 0.3) is 0 Å². The van der Waals surface area contributed by atoms with Gasteiger partial charge >= 0.3 is 0 Å². The normalized spacial score (nSPS) is 36.1. The van der Waals surface area contributed by atoms with Gasteiger partial charge in [0.1, 0.15) is 0 Å². The summed E-state index contributed by atoms with van der Waals surface area (Å²) in [6, 6.07) is 0. The van der Waals surface area contributed by atoms with E-state index in [1.807, 2.05) is 11.8 Å². The summed E-state index contributed by atoms with van der Waals surface area (Å²) < 4.78 is -0.0426. The monoisotopic (exact) mass is 212 g/mol. The second-order valence-electron chi connectivity index (χ2n) is 5.28. The van der Waals surface area contributed by atoms with Crippen LogP contribution in [-0.2, 0) is 4.79 Å². The van der Waals surface area contributed by atoms with Crippen LogP contribution >= 0.6 is 11.8 Å². The summed E-state index contributed by atoms with van der Waals surface area (Å²) >= 11 is 1.89. The van der Waals surface area contributed by atoms with Crippen molar-refractivity contribution in [1.29, 1.82) is 0 Å². The van der Waals surface area contributed by atoms with Crippen molar-refractivity contribution in [2.75, 3.05) is 5.75 Å². The molecule has 1 aliphatic heterocycles. The molecule has 1 saturated heterocycles. The first-order chi connectivity index (χ1) is 6.57. The first-order valence-corrected chi connectivity index (χ1v) is 6.74. The third kappa shape index (κ3) is 1.62. The molecule has 1 nitrogen and oxygen atoms in total. The van der Waals surface area contributed by atoms with Gasteiger partial charge in [-0.1, -0.05) is 19.8 Å². The van der Waals surface area contributed by atoms with Crippen LogP contribution < -0.4 is 0 Å². The maximum absolute atomic E-state index is 12.5. The molecule has 0 aromatic rings. The van der Waals surface area contributed by atoms with Crippen LogP contribution in [-0.4, -0.2) is 16.3 Å². The van der Waals surface area contributed by atoms with E-state index >= 15 is 0 Å². The highest BCUT2D eigenvalue weighted by molar-refractivity contribution is 8.01. The van der Waals surface area contributed by atoms with E-state index in [0.717, 1.165) is 19.3 Å². The number of thioether (sulfide) groups is 1. The Hall–Kier alpha value is 0.0200. The summed E-state index contributed by atoms with van der Waals surface area (Å²) in [5, 5.41) is 0. The molecule has 0 bridgehead atoms. The Morgan fingerprint density at radius 3 is 2.21 bits per heavy atom. The maximum Gasteiger partial charge on any atom is 0.154 e. The summed E-state index contributed by atoms with van der Waals surface area (Å²) in [7, 11) is 0. The molecule has 2 fully saturated rings. The second kappa shape index (κ2) is 3.55. The quantitative estimate of drug-likeness (QED) is 0.697. The van der Waals surface area contributed by atoms with Gasteiger partial charge in [0.15, 0.2) is 5.78 Å². The average molecular weight is 212 g/mol. The molecule has 80 valence electrons. The average Bonchev–Trinajstić information content (AvgIpc) is 2.75. The fourth-order valence-electron chi connectivity index (χ4n) is 2.98. The molecule has 1 saturated carbocycles. The smallest absolute Gasteiger partial charge is 0.154 e. The summed E-state index contributed by atoms with van der Waals surface area (Å²) in [6.07, 6.45) is 7.09. The van der Waals surface area contributed by atoms with Crippen molar-refractivity contribution in [1.82, 2.24) is 0 Å². The summed E-state index contributed by atoms with van der Waals surface area (Å²) in [4.78, 5) is 12.5. The predicted molar refractivity (Wildman–Crippen MR) is 61.7 cm³/mol. The maximum atomic E-state index is 12.5. The van der Waals surface area contributed by atoms with Crippen LogP contribution in [0.15, 0.2) is 0 Å². The van der Waals surface area contributed by atoms with Gasteiger partial charge in [-0.3, -0.25) is 4.79 Å². The largest absolute Gasteiger partial charge is 0.298 e. The molecule has 2 aliphatic rings. The predicted octanol–water partition coefficient (Wildman–Crippen LogP) is 3.42. The number of carbonyl (C=O) groups is 1. The highest BCUT2D eigenvalue weighted by Gasteiger charge is 2.47. The van der Waals surface area contributed by atoms with Gasteiger partial charge < -0.3 is 0 Å². The number of hydrogen-bond donors (Lipinski definition) is 0. The molecular formula is C12H20OS. The van der Waals surface area contributed by atoms with E-state index in [1.165, 1.54) is 25.0 Å². The van der Waals surface area contributed by atoms with Crippen molar-refractivity contribution in [3.05, 3.63) is 0 Å². The zero-order chi connectivity index (χ0) is 10.2. The fourth-order valence-corrected chi connectivity index (χ4v) is 4.38. The Bertz CT molecular complexity index is 211. The molecule has 0 amide bonds. The Kier molecular flexibility index (Phi) is 2.67.